The second-order valence-corrected chi connectivity index (χ2v) is 10.6. The number of benzene rings is 1. The van der Waals surface area contributed by atoms with Gasteiger partial charge in [-0.1, -0.05) is 17.6 Å². The van der Waals surface area contributed by atoms with Gasteiger partial charge in [0, 0.05) is 36.8 Å². The first-order chi connectivity index (χ1) is 13.6. The van der Waals surface area contributed by atoms with Gasteiger partial charge in [-0.2, -0.15) is 0 Å². The summed E-state index contributed by atoms with van der Waals surface area (Å²) in [6.07, 6.45) is 7.20. The number of sulfonamides is 1. The monoisotopic (exact) mass is 417 g/mol. The van der Waals surface area contributed by atoms with Crippen molar-refractivity contribution in [2.24, 2.45) is 5.92 Å². The SMILES string of the molecule is CC1=CCC2C(C1)c1c(O)cc(CC#CCCCNS(C)(=O)=O)cc1OC2(C)C. The largest absolute Gasteiger partial charge is 0.508 e. The van der Waals surface area contributed by atoms with Crippen LogP contribution in [0.2, 0.25) is 0 Å². The molecule has 2 unspecified atom stereocenters. The molecule has 3 rings (SSSR count). The van der Waals surface area contributed by atoms with E-state index in [2.05, 4.69) is 43.4 Å². The Labute approximate surface area is 174 Å². The third kappa shape index (κ3) is 5.34. The lowest BCUT2D eigenvalue weighted by Crippen LogP contribution is -2.45. The lowest BCUT2D eigenvalue weighted by Gasteiger charge is -2.47. The van der Waals surface area contributed by atoms with E-state index in [1.54, 1.807) is 0 Å². The summed E-state index contributed by atoms with van der Waals surface area (Å²) in [5.74, 6) is 7.90. The number of rotatable bonds is 5. The fourth-order valence-electron chi connectivity index (χ4n) is 4.41. The molecule has 6 heteroatoms. The number of hydrogen-bond acceptors (Lipinski definition) is 4. The molecule has 2 aliphatic rings. The van der Waals surface area contributed by atoms with E-state index in [-0.39, 0.29) is 11.5 Å². The number of aromatic hydroxyl groups is 1. The van der Waals surface area contributed by atoms with Gasteiger partial charge in [0.15, 0.2) is 0 Å². The molecule has 0 bridgehead atoms. The molecule has 29 heavy (non-hydrogen) atoms. The average molecular weight is 418 g/mol. The third-order valence-electron chi connectivity index (χ3n) is 5.82. The number of phenolic OH excluding ortho intramolecular Hbond substituents is 1. The number of fused-ring (bicyclic) bond motifs is 3. The van der Waals surface area contributed by atoms with Crippen LogP contribution in [0.3, 0.4) is 0 Å². The van der Waals surface area contributed by atoms with E-state index >= 15 is 0 Å². The predicted octanol–water partition coefficient (Wildman–Crippen LogP) is 3.88. The highest BCUT2D eigenvalue weighted by molar-refractivity contribution is 7.88. The van der Waals surface area contributed by atoms with Crippen molar-refractivity contribution >= 4 is 10.0 Å². The summed E-state index contributed by atoms with van der Waals surface area (Å²) in [5, 5.41) is 10.8. The zero-order valence-corrected chi connectivity index (χ0v) is 18.5. The van der Waals surface area contributed by atoms with E-state index in [0.29, 0.717) is 37.5 Å². The van der Waals surface area contributed by atoms with E-state index in [4.69, 9.17) is 4.74 Å². The first-order valence-corrected chi connectivity index (χ1v) is 12.1. The van der Waals surface area contributed by atoms with Gasteiger partial charge in [-0.15, -0.1) is 5.92 Å². The van der Waals surface area contributed by atoms with Crippen LogP contribution in [0.5, 0.6) is 11.5 Å². The molecule has 0 fully saturated rings. The maximum absolute atomic E-state index is 11.0. The number of phenols is 1. The van der Waals surface area contributed by atoms with E-state index in [1.165, 1.54) is 5.57 Å². The number of nitrogens with one attached hydrogen (secondary N) is 1. The van der Waals surface area contributed by atoms with Gasteiger partial charge in [0.05, 0.1) is 6.26 Å². The molecule has 0 amide bonds. The lowest BCUT2D eigenvalue weighted by atomic mass is 9.67. The van der Waals surface area contributed by atoms with Gasteiger partial charge >= 0.3 is 0 Å². The van der Waals surface area contributed by atoms with Crippen LogP contribution in [0, 0.1) is 17.8 Å². The van der Waals surface area contributed by atoms with E-state index in [9.17, 15) is 13.5 Å². The highest BCUT2D eigenvalue weighted by atomic mass is 32.2. The Morgan fingerprint density at radius 2 is 2.07 bits per heavy atom. The van der Waals surface area contributed by atoms with Crippen molar-refractivity contribution in [3.05, 3.63) is 34.9 Å². The summed E-state index contributed by atoms with van der Waals surface area (Å²) >= 11 is 0. The molecule has 0 spiro atoms. The molecule has 1 aliphatic heterocycles. The van der Waals surface area contributed by atoms with Crippen LogP contribution < -0.4 is 9.46 Å². The van der Waals surface area contributed by atoms with Crippen molar-refractivity contribution in [2.75, 3.05) is 12.8 Å². The quantitative estimate of drug-likeness (QED) is 0.433. The fraction of sp³-hybridized carbons (Fsp3) is 0.565. The Morgan fingerprint density at radius 1 is 1.31 bits per heavy atom. The predicted molar refractivity (Wildman–Crippen MR) is 116 cm³/mol. The minimum atomic E-state index is -3.14. The van der Waals surface area contributed by atoms with E-state index < -0.39 is 10.0 Å². The second kappa shape index (κ2) is 8.41. The van der Waals surface area contributed by atoms with Crippen molar-refractivity contribution < 1.29 is 18.3 Å². The molecule has 2 N–H and O–H groups in total. The van der Waals surface area contributed by atoms with Gasteiger partial charge in [-0.05, 0) is 57.7 Å². The van der Waals surface area contributed by atoms with Gasteiger partial charge in [0.25, 0.3) is 0 Å². The molecule has 5 nitrogen and oxygen atoms in total. The standard InChI is InChI=1S/C23H31NO4S/c1-16-10-11-19-18(13-16)22-20(25)14-17(15-21(22)28-23(19,2)3)9-7-5-6-8-12-24-29(4,26)27/h10,14-15,18-19,24-25H,6,8-9,11-13H2,1-4H3. The van der Waals surface area contributed by atoms with Gasteiger partial charge < -0.3 is 9.84 Å². The molecular weight excluding hydrogens is 386 g/mol. The van der Waals surface area contributed by atoms with Crippen LogP contribution in [-0.2, 0) is 16.4 Å². The summed E-state index contributed by atoms with van der Waals surface area (Å²) in [7, 11) is -3.14. The highest BCUT2D eigenvalue weighted by Gasteiger charge is 2.45. The molecule has 158 valence electrons. The Morgan fingerprint density at radius 3 is 2.79 bits per heavy atom. The first-order valence-electron chi connectivity index (χ1n) is 10.2. The highest BCUT2D eigenvalue weighted by Crippen LogP contribution is 2.54. The summed E-state index contributed by atoms with van der Waals surface area (Å²) in [5.41, 5.74) is 2.96. The smallest absolute Gasteiger partial charge is 0.208 e. The van der Waals surface area contributed by atoms with E-state index in [1.807, 2.05) is 12.1 Å². The van der Waals surface area contributed by atoms with Gasteiger partial charge in [0.1, 0.15) is 17.1 Å². The molecule has 1 aromatic rings. The van der Waals surface area contributed by atoms with Crippen molar-refractivity contribution in [2.45, 2.75) is 64.4 Å². The molecular formula is C23H31NO4S. The summed E-state index contributed by atoms with van der Waals surface area (Å²) in [6.45, 7) is 6.82. The minimum absolute atomic E-state index is 0.279. The number of hydrogen-bond donors (Lipinski definition) is 2. The number of unbranched alkanes of at least 4 members (excludes halogenated alkanes) is 1. The molecule has 1 heterocycles. The lowest BCUT2D eigenvalue weighted by molar-refractivity contribution is 0.00754. The van der Waals surface area contributed by atoms with Crippen LogP contribution in [0.1, 0.15) is 63.5 Å². The normalized spacial score (nSPS) is 22.4. The molecule has 2 atom stereocenters. The topological polar surface area (TPSA) is 75.6 Å². The summed E-state index contributed by atoms with van der Waals surface area (Å²) in [4.78, 5) is 0. The van der Waals surface area contributed by atoms with E-state index in [0.717, 1.165) is 36.0 Å². The van der Waals surface area contributed by atoms with Crippen molar-refractivity contribution in [3.63, 3.8) is 0 Å². The van der Waals surface area contributed by atoms with Crippen molar-refractivity contribution in [1.29, 1.82) is 0 Å². The fourth-order valence-corrected chi connectivity index (χ4v) is 4.92. The zero-order valence-electron chi connectivity index (χ0n) is 17.7. The number of allylic oxidation sites excluding steroid dienone is 2. The molecule has 0 radical (unpaired) electrons. The molecule has 1 aliphatic carbocycles. The first kappa shape index (κ1) is 21.7. The Kier molecular flexibility index (Phi) is 6.30. The Bertz CT molecular complexity index is 967. The molecule has 0 aromatic heterocycles. The Balaban J connectivity index is 1.70. The van der Waals surface area contributed by atoms with Crippen molar-refractivity contribution in [3.8, 4) is 23.3 Å². The molecule has 0 saturated carbocycles. The van der Waals surface area contributed by atoms with Crippen LogP contribution in [0.4, 0.5) is 0 Å². The van der Waals surface area contributed by atoms with Crippen LogP contribution >= 0.6 is 0 Å². The number of ether oxygens (including phenoxy) is 1. The van der Waals surface area contributed by atoms with Gasteiger partial charge in [-0.3, -0.25) is 0 Å². The Hall–Kier alpha value is -1.97. The maximum atomic E-state index is 11.0. The third-order valence-corrected chi connectivity index (χ3v) is 6.55. The van der Waals surface area contributed by atoms with Gasteiger partial charge in [-0.25, -0.2) is 13.1 Å². The summed E-state index contributed by atoms with van der Waals surface area (Å²) < 4.78 is 30.8. The minimum Gasteiger partial charge on any atom is -0.508 e. The zero-order chi connectivity index (χ0) is 21.2. The van der Waals surface area contributed by atoms with Crippen LogP contribution in [-0.4, -0.2) is 31.9 Å². The van der Waals surface area contributed by atoms with Crippen molar-refractivity contribution in [1.82, 2.24) is 4.72 Å². The molecule has 1 aromatic carbocycles. The maximum Gasteiger partial charge on any atom is 0.208 e. The second-order valence-electron chi connectivity index (χ2n) is 8.74. The van der Waals surface area contributed by atoms with Crippen LogP contribution in [0.15, 0.2) is 23.8 Å². The average Bonchev–Trinajstić information content (AvgIpc) is 2.58. The summed E-state index contributed by atoms with van der Waals surface area (Å²) in [6, 6.07) is 3.83. The molecule has 0 saturated heterocycles. The van der Waals surface area contributed by atoms with Crippen LogP contribution in [0.25, 0.3) is 0 Å². The van der Waals surface area contributed by atoms with Gasteiger partial charge in [0.2, 0.25) is 10.0 Å².